The normalized spacial score (nSPS) is 13.3. The molecule has 0 spiro atoms. The Labute approximate surface area is 67.4 Å². The summed E-state index contributed by atoms with van der Waals surface area (Å²) in [6, 6.07) is 0. The first kappa shape index (κ1) is 9.82. The Morgan fingerprint density at radius 1 is 1.60 bits per heavy atom. The van der Waals surface area contributed by atoms with E-state index in [0.29, 0.717) is 5.92 Å². The number of esters is 1. The monoisotopic (exact) mass is 162 g/mol. The van der Waals surface area contributed by atoms with E-state index < -0.39 is 0 Å². The van der Waals surface area contributed by atoms with E-state index in [0.717, 1.165) is 6.42 Å². The molecule has 2 nitrogen and oxygen atoms in total. The van der Waals surface area contributed by atoms with Crippen molar-refractivity contribution in [3.05, 3.63) is 0 Å². The Morgan fingerprint density at radius 3 is 2.40 bits per heavy atom. The number of carbonyl (C=O) groups excluding carboxylic acids is 1. The first-order chi connectivity index (χ1) is 4.52. The molecule has 0 saturated carbocycles. The van der Waals surface area contributed by atoms with E-state index >= 15 is 0 Å². The van der Waals surface area contributed by atoms with Gasteiger partial charge in [0.2, 0.25) is 0 Å². The lowest BCUT2D eigenvalue weighted by atomic mass is 10.1. The number of rotatable bonds is 3. The molecule has 0 fully saturated rings. The zero-order chi connectivity index (χ0) is 8.15. The van der Waals surface area contributed by atoms with Crippen molar-refractivity contribution in [2.75, 3.05) is 0 Å². The van der Waals surface area contributed by atoms with Crippen LogP contribution in [-0.4, -0.2) is 11.4 Å². The molecular weight excluding hydrogens is 148 g/mol. The lowest BCUT2D eigenvalue weighted by molar-refractivity contribution is -0.142. The molecule has 0 saturated heterocycles. The molecule has 0 aromatic heterocycles. The molecule has 0 bridgehead atoms. The summed E-state index contributed by atoms with van der Waals surface area (Å²) in [4.78, 5) is 10.4. The van der Waals surface area contributed by atoms with Gasteiger partial charge in [-0.15, -0.1) is 12.6 Å². The van der Waals surface area contributed by atoms with E-state index in [-0.39, 0.29) is 11.4 Å². The SMILES string of the molecule is CC(=O)OC(S)CC(C)C. The Balaban J connectivity index is 3.43. The van der Waals surface area contributed by atoms with Crippen LogP contribution >= 0.6 is 12.6 Å². The molecule has 0 aliphatic rings. The summed E-state index contributed by atoms with van der Waals surface area (Å²) in [5, 5.41) is 0. The van der Waals surface area contributed by atoms with Crippen molar-refractivity contribution in [2.24, 2.45) is 5.92 Å². The number of hydrogen-bond donors (Lipinski definition) is 1. The fourth-order valence-electron chi connectivity index (χ4n) is 0.643. The molecule has 0 rings (SSSR count). The lowest BCUT2D eigenvalue weighted by Gasteiger charge is -2.12. The minimum Gasteiger partial charge on any atom is -0.452 e. The van der Waals surface area contributed by atoms with Crippen LogP contribution in [0.2, 0.25) is 0 Å². The van der Waals surface area contributed by atoms with Crippen LogP contribution in [0.25, 0.3) is 0 Å². The molecule has 60 valence electrons. The molecule has 0 aliphatic carbocycles. The van der Waals surface area contributed by atoms with Gasteiger partial charge in [0.25, 0.3) is 0 Å². The van der Waals surface area contributed by atoms with Gasteiger partial charge < -0.3 is 4.74 Å². The van der Waals surface area contributed by atoms with Gasteiger partial charge in [-0.25, -0.2) is 0 Å². The number of hydrogen-bond acceptors (Lipinski definition) is 3. The van der Waals surface area contributed by atoms with E-state index in [4.69, 9.17) is 4.74 Å². The van der Waals surface area contributed by atoms with E-state index in [2.05, 4.69) is 26.5 Å². The van der Waals surface area contributed by atoms with Crippen molar-refractivity contribution in [3.63, 3.8) is 0 Å². The molecule has 1 atom stereocenters. The third-order valence-electron chi connectivity index (χ3n) is 0.975. The summed E-state index contributed by atoms with van der Waals surface area (Å²) in [6.07, 6.45) is 0.808. The molecule has 0 aromatic rings. The minimum absolute atomic E-state index is 0.238. The topological polar surface area (TPSA) is 26.3 Å². The highest BCUT2D eigenvalue weighted by Gasteiger charge is 2.07. The van der Waals surface area contributed by atoms with Gasteiger partial charge in [-0.05, 0) is 12.3 Å². The third kappa shape index (κ3) is 5.95. The van der Waals surface area contributed by atoms with Crippen LogP contribution in [0.4, 0.5) is 0 Å². The van der Waals surface area contributed by atoms with E-state index in [1.54, 1.807) is 0 Å². The molecule has 0 radical (unpaired) electrons. The summed E-state index contributed by atoms with van der Waals surface area (Å²) < 4.78 is 4.79. The molecule has 10 heavy (non-hydrogen) atoms. The fourth-order valence-corrected chi connectivity index (χ4v) is 1.21. The second-order valence-corrected chi connectivity index (χ2v) is 3.27. The Kier molecular flexibility index (Phi) is 4.52. The maximum absolute atomic E-state index is 10.4. The Morgan fingerprint density at radius 2 is 2.10 bits per heavy atom. The summed E-state index contributed by atoms with van der Waals surface area (Å²) in [5.41, 5.74) is -0.238. The van der Waals surface area contributed by atoms with E-state index in [1.165, 1.54) is 6.92 Å². The first-order valence-electron chi connectivity index (χ1n) is 3.37. The standard InChI is InChI=1S/C7H14O2S/c1-5(2)4-7(10)9-6(3)8/h5,7,10H,4H2,1-3H3. The number of thiol groups is 1. The van der Waals surface area contributed by atoms with Gasteiger partial charge in [0.15, 0.2) is 0 Å². The smallest absolute Gasteiger partial charge is 0.303 e. The quantitative estimate of drug-likeness (QED) is 0.389. The average molecular weight is 162 g/mol. The number of ether oxygens (including phenoxy) is 1. The van der Waals surface area contributed by atoms with Crippen LogP contribution in [0.3, 0.4) is 0 Å². The van der Waals surface area contributed by atoms with Crippen molar-refractivity contribution in [1.29, 1.82) is 0 Å². The van der Waals surface area contributed by atoms with Gasteiger partial charge in [0.05, 0.1) is 0 Å². The highest BCUT2D eigenvalue weighted by Crippen LogP contribution is 2.10. The fraction of sp³-hybridized carbons (Fsp3) is 0.857. The van der Waals surface area contributed by atoms with Gasteiger partial charge in [0, 0.05) is 6.92 Å². The third-order valence-corrected chi connectivity index (χ3v) is 1.29. The molecule has 1 unspecified atom stereocenters. The van der Waals surface area contributed by atoms with Crippen molar-refractivity contribution >= 4 is 18.6 Å². The van der Waals surface area contributed by atoms with Gasteiger partial charge in [-0.1, -0.05) is 13.8 Å². The highest BCUT2D eigenvalue weighted by atomic mass is 32.1. The number of carbonyl (C=O) groups is 1. The van der Waals surface area contributed by atoms with Crippen molar-refractivity contribution < 1.29 is 9.53 Å². The summed E-state index contributed by atoms with van der Waals surface area (Å²) in [6.45, 7) is 5.52. The van der Waals surface area contributed by atoms with Gasteiger partial charge in [-0.2, -0.15) is 0 Å². The van der Waals surface area contributed by atoms with E-state index in [9.17, 15) is 4.79 Å². The molecule has 0 amide bonds. The van der Waals surface area contributed by atoms with Gasteiger partial charge in [-0.3, -0.25) is 4.79 Å². The van der Waals surface area contributed by atoms with Crippen LogP contribution < -0.4 is 0 Å². The highest BCUT2D eigenvalue weighted by molar-refractivity contribution is 7.80. The van der Waals surface area contributed by atoms with Crippen molar-refractivity contribution in [1.82, 2.24) is 0 Å². The Bertz CT molecular complexity index is 112. The molecule has 0 N–H and O–H groups in total. The minimum atomic E-state index is -0.263. The molecular formula is C7H14O2S. The molecule has 0 heterocycles. The van der Waals surface area contributed by atoms with Crippen LogP contribution in [0, 0.1) is 5.92 Å². The maximum Gasteiger partial charge on any atom is 0.303 e. The predicted molar refractivity (Wildman–Crippen MR) is 44.0 cm³/mol. The van der Waals surface area contributed by atoms with Gasteiger partial charge >= 0.3 is 5.97 Å². The lowest BCUT2D eigenvalue weighted by Crippen LogP contribution is -2.11. The summed E-state index contributed by atoms with van der Waals surface area (Å²) >= 11 is 4.07. The Hall–Kier alpha value is -0.180. The first-order valence-corrected chi connectivity index (χ1v) is 3.89. The zero-order valence-corrected chi connectivity index (χ0v) is 7.52. The van der Waals surface area contributed by atoms with Crippen LogP contribution in [0.1, 0.15) is 27.2 Å². The van der Waals surface area contributed by atoms with Crippen LogP contribution in [-0.2, 0) is 9.53 Å². The van der Waals surface area contributed by atoms with Crippen molar-refractivity contribution in [2.45, 2.75) is 32.6 Å². The van der Waals surface area contributed by atoms with Crippen LogP contribution in [0.5, 0.6) is 0 Å². The summed E-state index contributed by atoms with van der Waals surface area (Å²) in [5.74, 6) is 0.252. The summed E-state index contributed by atoms with van der Waals surface area (Å²) in [7, 11) is 0. The van der Waals surface area contributed by atoms with Crippen LogP contribution in [0.15, 0.2) is 0 Å². The van der Waals surface area contributed by atoms with Gasteiger partial charge in [0.1, 0.15) is 5.44 Å². The van der Waals surface area contributed by atoms with Crippen molar-refractivity contribution in [3.8, 4) is 0 Å². The average Bonchev–Trinajstić information content (AvgIpc) is 1.58. The molecule has 0 aliphatic heterocycles. The molecule has 0 aromatic carbocycles. The molecule has 3 heteroatoms. The largest absolute Gasteiger partial charge is 0.452 e. The predicted octanol–water partition coefficient (Wildman–Crippen LogP) is 1.85. The van der Waals surface area contributed by atoms with E-state index in [1.807, 2.05) is 0 Å². The maximum atomic E-state index is 10.4. The zero-order valence-electron chi connectivity index (χ0n) is 6.63. The second kappa shape index (κ2) is 4.61. The second-order valence-electron chi connectivity index (χ2n) is 2.69.